The van der Waals surface area contributed by atoms with E-state index >= 15 is 0 Å². The van der Waals surface area contributed by atoms with Crippen molar-refractivity contribution in [2.45, 2.75) is 6.42 Å². The van der Waals surface area contributed by atoms with Crippen LogP contribution in [0.3, 0.4) is 0 Å². The first kappa shape index (κ1) is 15.2. The van der Waals surface area contributed by atoms with Crippen LogP contribution in [0.1, 0.15) is 6.42 Å². The molecule has 24 heavy (non-hydrogen) atoms. The largest absolute Gasteiger partial charge is 0.338 e. The van der Waals surface area contributed by atoms with Crippen molar-refractivity contribution in [2.24, 2.45) is 7.05 Å². The van der Waals surface area contributed by atoms with Gasteiger partial charge in [0.25, 0.3) is 0 Å². The van der Waals surface area contributed by atoms with Crippen LogP contribution >= 0.6 is 0 Å². The zero-order valence-corrected chi connectivity index (χ0v) is 12.8. The number of pyridine rings is 1. The summed E-state index contributed by atoms with van der Waals surface area (Å²) < 4.78 is 3.30. The fourth-order valence-corrected chi connectivity index (χ4v) is 2.07. The molecule has 0 bridgehead atoms. The molecule has 0 radical (unpaired) electrons. The maximum Gasteiger partial charge on any atom is 0.238 e. The Labute approximate surface area is 137 Å². The molecule has 0 fully saturated rings. The van der Waals surface area contributed by atoms with E-state index in [1.165, 1.54) is 6.20 Å². The summed E-state index contributed by atoms with van der Waals surface area (Å²) in [6.45, 7) is 0. The van der Waals surface area contributed by atoms with Gasteiger partial charge < -0.3 is 10.6 Å². The summed E-state index contributed by atoms with van der Waals surface area (Å²) in [6, 6.07) is 5.41. The summed E-state index contributed by atoms with van der Waals surface area (Å²) in [5.41, 5.74) is 2.12. The highest BCUT2D eigenvalue weighted by molar-refractivity contribution is 5.91. The Kier molecular flexibility index (Phi) is 4.20. The van der Waals surface area contributed by atoms with Gasteiger partial charge in [-0.1, -0.05) is 0 Å². The molecule has 3 aromatic heterocycles. The molecule has 120 valence electrons. The predicted octanol–water partition coefficient (Wildman–Crippen LogP) is 1.60. The molecule has 0 atom stereocenters. The lowest BCUT2D eigenvalue weighted by Gasteiger charge is -2.05. The minimum absolute atomic E-state index is 0.195. The van der Waals surface area contributed by atoms with E-state index in [-0.39, 0.29) is 12.3 Å². The number of rotatable bonds is 5. The number of carbonyl (C=O) groups is 1. The highest BCUT2D eigenvalue weighted by Gasteiger charge is 2.06. The number of hydrogen-bond donors (Lipinski definition) is 2. The lowest BCUT2D eigenvalue weighted by atomic mass is 10.3. The van der Waals surface area contributed by atoms with Gasteiger partial charge in [0.1, 0.15) is 12.2 Å². The van der Waals surface area contributed by atoms with E-state index in [4.69, 9.17) is 5.26 Å². The van der Waals surface area contributed by atoms with E-state index in [0.29, 0.717) is 11.5 Å². The fourth-order valence-electron chi connectivity index (χ4n) is 2.07. The van der Waals surface area contributed by atoms with Gasteiger partial charge >= 0.3 is 0 Å². The van der Waals surface area contributed by atoms with Crippen LogP contribution in [0.5, 0.6) is 0 Å². The third kappa shape index (κ3) is 3.56. The molecule has 0 aliphatic carbocycles. The number of anilines is 3. The smallest absolute Gasteiger partial charge is 0.238 e. The maximum atomic E-state index is 11.4. The molecular weight excluding hydrogens is 308 g/mol. The van der Waals surface area contributed by atoms with Crippen molar-refractivity contribution in [2.75, 3.05) is 10.6 Å². The third-order valence-electron chi connectivity index (χ3n) is 3.09. The molecule has 1 amide bonds. The summed E-state index contributed by atoms with van der Waals surface area (Å²) in [4.78, 5) is 15.7. The van der Waals surface area contributed by atoms with Crippen LogP contribution in [-0.2, 0) is 11.8 Å². The Morgan fingerprint density at radius 1 is 1.29 bits per heavy atom. The molecule has 0 saturated carbocycles. The van der Waals surface area contributed by atoms with Crippen molar-refractivity contribution >= 4 is 23.1 Å². The van der Waals surface area contributed by atoms with E-state index in [1.807, 2.05) is 19.3 Å². The molecule has 0 spiro atoms. The molecule has 0 aromatic carbocycles. The first-order valence-corrected chi connectivity index (χ1v) is 7.07. The number of hydrogen-bond acceptors (Lipinski definition) is 6. The lowest BCUT2D eigenvalue weighted by molar-refractivity contribution is -0.115. The Morgan fingerprint density at radius 2 is 2.12 bits per heavy atom. The van der Waals surface area contributed by atoms with Crippen LogP contribution in [0.4, 0.5) is 17.2 Å². The number of carbonyl (C=O) groups excluding carboxylic acids is 1. The van der Waals surface area contributed by atoms with Crippen LogP contribution in [0, 0.1) is 11.3 Å². The third-order valence-corrected chi connectivity index (χ3v) is 3.09. The fraction of sp³-hybridized carbons (Fsp3) is 0.133. The molecule has 9 heteroatoms. The SMILES string of the molecule is Cn1cc(Nc2cc(-n3cc(NC(=O)CC#N)cn3)ccn2)cn1. The van der Waals surface area contributed by atoms with E-state index in [0.717, 1.165) is 11.4 Å². The van der Waals surface area contributed by atoms with Gasteiger partial charge in [-0.3, -0.25) is 9.48 Å². The second kappa shape index (κ2) is 6.62. The summed E-state index contributed by atoms with van der Waals surface area (Å²) in [5.74, 6) is 0.275. The van der Waals surface area contributed by atoms with Gasteiger partial charge in [-0.2, -0.15) is 15.5 Å². The lowest BCUT2D eigenvalue weighted by Crippen LogP contribution is -2.09. The number of nitrogens with one attached hydrogen (secondary N) is 2. The van der Waals surface area contributed by atoms with Gasteiger partial charge in [-0.15, -0.1) is 0 Å². The van der Waals surface area contributed by atoms with Gasteiger partial charge in [-0.25, -0.2) is 9.67 Å². The molecule has 0 aliphatic heterocycles. The Hall–Kier alpha value is -3.67. The van der Waals surface area contributed by atoms with Gasteiger partial charge in [0.15, 0.2) is 0 Å². The summed E-state index contributed by atoms with van der Waals surface area (Å²) >= 11 is 0. The summed E-state index contributed by atoms with van der Waals surface area (Å²) in [6.07, 6.45) is 8.18. The molecule has 3 aromatic rings. The maximum absolute atomic E-state index is 11.4. The van der Waals surface area contributed by atoms with Crippen LogP contribution in [0.2, 0.25) is 0 Å². The van der Waals surface area contributed by atoms with Crippen molar-refractivity contribution in [3.05, 3.63) is 43.1 Å². The monoisotopic (exact) mass is 322 g/mol. The Morgan fingerprint density at radius 3 is 2.88 bits per heavy atom. The molecular formula is C15H14N8O. The Bertz CT molecular complexity index is 904. The second-order valence-corrected chi connectivity index (χ2v) is 4.98. The minimum Gasteiger partial charge on any atom is -0.338 e. The number of amides is 1. The average Bonchev–Trinajstić information content (AvgIpc) is 3.17. The van der Waals surface area contributed by atoms with Crippen LogP contribution in [0.15, 0.2) is 43.1 Å². The van der Waals surface area contributed by atoms with Crippen molar-refractivity contribution in [1.82, 2.24) is 24.5 Å². The summed E-state index contributed by atoms with van der Waals surface area (Å²) in [7, 11) is 1.83. The summed E-state index contributed by atoms with van der Waals surface area (Å²) in [5, 5.41) is 22.5. The van der Waals surface area contributed by atoms with Crippen molar-refractivity contribution in [3.63, 3.8) is 0 Å². The van der Waals surface area contributed by atoms with E-state index in [1.54, 1.807) is 40.1 Å². The minimum atomic E-state index is -0.370. The number of aromatic nitrogens is 5. The van der Waals surface area contributed by atoms with Crippen molar-refractivity contribution in [1.29, 1.82) is 5.26 Å². The van der Waals surface area contributed by atoms with Gasteiger partial charge in [0, 0.05) is 25.5 Å². The molecule has 0 aliphatic rings. The van der Waals surface area contributed by atoms with Gasteiger partial charge in [0.05, 0.1) is 41.7 Å². The quantitative estimate of drug-likeness (QED) is 0.737. The second-order valence-electron chi connectivity index (χ2n) is 4.98. The van der Waals surface area contributed by atoms with Crippen LogP contribution < -0.4 is 10.6 Å². The molecule has 3 heterocycles. The predicted molar refractivity (Wildman–Crippen MR) is 86.7 cm³/mol. The van der Waals surface area contributed by atoms with Crippen molar-refractivity contribution in [3.8, 4) is 11.8 Å². The zero-order valence-electron chi connectivity index (χ0n) is 12.8. The first-order valence-electron chi connectivity index (χ1n) is 7.07. The molecule has 0 unspecified atom stereocenters. The highest BCUT2D eigenvalue weighted by atomic mass is 16.1. The zero-order chi connectivity index (χ0) is 16.9. The number of nitriles is 1. The van der Waals surface area contributed by atoms with Gasteiger partial charge in [-0.05, 0) is 6.07 Å². The van der Waals surface area contributed by atoms with E-state index in [9.17, 15) is 4.79 Å². The highest BCUT2D eigenvalue weighted by Crippen LogP contribution is 2.17. The average molecular weight is 322 g/mol. The van der Waals surface area contributed by atoms with E-state index in [2.05, 4.69) is 25.8 Å². The molecule has 0 saturated heterocycles. The standard InChI is InChI=1S/C15H14N8O/c1-22-9-11(7-18-22)20-14-6-13(3-5-17-14)23-10-12(8-19-23)21-15(24)2-4-16/h3,5-10H,2H2,1H3,(H,17,20)(H,21,24). The van der Waals surface area contributed by atoms with Gasteiger partial charge in [0.2, 0.25) is 5.91 Å². The normalized spacial score (nSPS) is 10.2. The van der Waals surface area contributed by atoms with E-state index < -0.39 is 0 Å². The first-order chi connectivity index (χ1) is 11.6. The molecule has 3 rings (SSSR count). The Balaban J connectivity index is 1.75. The molecule has 9 nitrogen and oxygen atoms in total. The van der Waals surface area contributed by atoms with Crippen LogP contribution in [-0.4, -0.2) is 30.5 Å². The number of aryl methyl sites for hydroxylation is 1. The van der Waals surface area contributed by atoms with Crippen molar-refractivity contribution < 1.29 is 4.79 Å². The topological polar surface area (TPSA) is 113 Å². The van der Waals surface area contributed by atoms with Crippen LogP contribution in [0.25, 0.3) is 5.69 Å². The molecule has 2 N–H and O–H groups in total. The number of nitrogens with zero attached hydrogens (tertiary/aromatic N) is 6.